The standard InChI is InChI=1S/C14H18N4O/c1-15-14(19)18-7-4-10(5-8-18)11-9-17-12-3-2-6-16-13(11)12/h2-3,6,9-10,17H,4-5,7-8H2,1H3,(H,15,19). The van der Waals surface area contributed by atoms with E-state index in [-0.39, 0.29) is 6.03 Å². The smallest absolute Gasteiger partial charge is 0.317 e. The molecule has 2 amide bonds. The molecule has 1 saturated heterocycles. The lowest BCUT2D eigenvalue weighted by Gasteiger charge is -2.31. The summed E-state index contributed by atoms with van der Waals surface area (Å²) in [7, 11) is 1.68. The van der Waals surface area contributed by atoms with Gasteiger partial charge in [0.1, 0.15) is 0 Å². The summed E-state index contributed by atoms with van der Waals surface area (Å²) in [6.45, 7) is 1.62. The number of urea groups is 1. The highest BCUT2D eigenvalue weighted by molar-refractivity contribution is 5.79. The third kappa shape index (κ3) is 2.16. The maximum absolute atomic E-state index is 11.6. The summed E-state index contributed by atoms with van der Waals surface area (Å²) >= 11 is 0. The van der Waals surface area contributed by atoms with Crippen molar-refractivity contribution in [3.63, 3.8) is 0 Å². The van der Waals surface area contributed by atoms with Crippen molar-refractivity contribution in [2.24, 2.45) is 0 Å². The Morgan fingerprint density at radius 3 is 3.00 bits per heavy atom. The van der Waals surface area contributed by atoms with E-state index in [0.717, 1.165) is 37.0 Å². The summed E-state index contributed by atoms with van der Waals surface area (Å²) in [5.74, 6) is 0.490. The molecular weight excluding hydrogens is 240 g/mol. The van der Waals surface area contributed by atoms with Crippen molar-refractivity contribution in [2.45, 2.75) is 18.8 Å². The van der Waals surface area contributed by atoms with Gasteiger partial charge in [0.25, 0.3) is 0 Å². The number of likely N-dealkylation sites (tertiary alicyclic amines) is 1. The Labute approximate surface area is 112 Å². The summed E-state index contributed by atoms with van der Waals surface area (Å²) in [5, 5.41) is 2.68. The van der Waals surface area contributed by atoms with E-state index < -0.39 is 0 Å². The number of aromatic amines is 1. The van der Waals surface area contributed by atoms with Crippen LogP contribution in [0.1, 0.15) is 24.3 Å². The Morgan fingerprint density at radius 1 is 1.47 bits per heavy atom. The van der Waals surface area contributed by atoms with Gasteiger partial charge in [-0.2, -0.15) is 0 Å². The number of rotatable bonds is 1. The van der Waals surface area contributed by atoms with Gasteiger partial charge < -0.3 is 15.2 Å². The lowest BCUT2D eigenvalue weighted by Crippen LogP contribution is -2.42. The molecule has 5 nitrogen and oxygen atoms in total. The highest BCUT2D eigenvalue weighted by Gasteiger charge is 2.25. The van der Waals surface area contributed by atoms with E-state index in [1.807, 2.05) is 23.2 Å². The fourth-order valence-electron chi connectivity index (χ4n) is 2.84. The zero-order valence-electron chi connectivity index (χ0n) is 11.0. The molecular formula is C14H18N4O. The number of pyridine rings is 1. The van der Waals surface area contributed by atoms with Crippen LogP contribution >= 0.6 is 0 Å². The molecule has 0 aromatic carbocycles. The number of carbonyl (C=O) groups is 1. The molecule has 3 rings (SSSR count). The molecule has 0 atom stereocenters. The van der Waals surface area contributed by atoms with E-state index in [1.165, 1.54) is 5.56 Å². The van der Waals surface area contributed by atoms with Crippen LogP contribution in [-0.4, -0.2) is 41.0 Å². The largest absolute Gasteiger partial charge is 0.360 e. The first-order valence-corrected chi connectivity index (χ1v) is 6.68. The molecule has 100 valence electrons. The van der Waals surface area contributed by atoms with Crippen molar-refractivity contribution in [3.8, 4) is 0 Å². The Hall–Kier alpha value is -2.04. The van der Waals surface area contributed by atoms with Gasteiger partial charge in [0.05, 0.1) is 11.0 Å². The number of piperidine rings is 1. The lowest BCUT2D eigenvalue weighted by atomic mass is 9.90. The quantitative estimate of drug-likeness (QED) is 0.822. The molecule has 1 aliphatic rings. The Morgan fingerprint density at radius 2 is 2.26 bits per heavy atom. The van der Waals surface area contributed by atoms with E-state index in [2.05, 4.69) is 21.5 Å². The Bertz CT molecular complexity index is 584. The molecule has 1 aliphatic heterocycles. The monoisotopic (exact) mass is 258 g/mol. The van der Waals surface area contributed by atoms with Gasteiger partial charge in [0.2, 0.25) is 0 Å². The molecule has 3 heterocycles. The first-order valence-electron chi connectivity index (χ1n) is 6.68. The number of fused-ring (bicyclic) bond motifs is 1. The zero-order chi connectivity index (χ0) is 13.2. The van der Waals surface area contributed by atoms with Crippen LogP contribution < -0.4 is 5.32 Å². The summed E-state index contributed by atoms with van der Waals surface area (Å²) in [6.07, 6.45) is 5.89. The number of nitrogens with one attached hydrogen (secondary N) is 2. The van der Waals surface area contributed by atoms with Gasteiger partial charge in [0, 0.05) is 32.5 Å². The van der Waals surface area contributed by atoms with Crippen molar-refractivity contribution >= 4 is 17.1 Å². The van der Waals surface area contributed by atoms with Crippen molar-refractivity contribution < 1.29 is 4.79 Å². The third-order valence-electron chi connectivity index (χ3n) is 3.90. The second kappa shape index (κ2) is 4.91. The molecule has 1 fully saturated rings. The van der Waals surface area contributed by atoms with E-state index in [9.17, 15) is 4.79 Å². The summed E-state index contributed by atoms with van der Waals surface area (Å²) < 4.78 is 0. The first-order chi connectivity index (χ1) is 9.29. The second-order valence-corrected chi connectivity index (χ2v) is 4.96. The van der Waals surface area contributed by atoms with E-state index >= 15 is 0 Å². The molecule has 0 radical (unpaired) electrons. The van der Waals surface area contributed by atoms with Crippen molar-refractivity contribution in [1.82, 2.24) is 20.2 Å². The molecule has 5 heteroatoms. The molecule has 0 bridgehead atoms. The molecule has 0 aliphatic carbocycles. The van der Waals surface area contributed by atoms with Crippen LogP contribution in [0.15, 0.2) is 24.5 Å². The molecule has 2 aromatic rings. The van der Waals surface area contributed by atoms with Gasteiger partial charge in [0.15, 0.2) is 0 Å². The van der Waals surface area contributed by atoms with Gasteiger partial charge in [-0.05, 0) is 36.5 Å². The highest BCUT2D eigenvalue weighted by atomic mass is 16.2. The van der Waals surface area contributed by atoms with E-state index in [4.69, 9.17) is 0 Å². The molecule has 0 unspecified atom stereocenters. The van der Waals surface area contributed by atoms with Gasteiger partial charge in [-0.15, -0.1) is 0 Å². The minimum absolute atomic E-state index is 0.0236. The highest BCUT2D eigenvalue weighted by Crippen LogP contribution is 2.31. The topological polar surface area (TPSA) is 61.0 Å². The minimum Gasteiger partial charge on any atom is -0.360 e. The Balaban J connectivity index is 1.77. The fourth-order valence-corrected chi connectivity index (χ4v) is 2.84. The molecule has 2 N–H and O–H groups in total. The average Bonchev–Trinajstić information content (AvgIpc) is 2.90. The van der Waals surface area contributed by atoms with Crippen LogP contribution in [0, 0.1) is 0 Å². The number of H-pyrrole nitrogens is 1. The van der Waals surface area contributed by atoms with E-state index in [0.29, 0.717) is 5.92 Å². The van der Waals surface area contributed by atoms with Crippen LogP contribution in [0.3, 0.4) is 0 Å². The predicted molar refractivity (Wildman–Crippen MR) is 74.1 cm³/mol. The SMILES string of the molecule is CNC(=O)N1CCC(c2c[nH]c3cccnc23)CC1. The third-order valence-corrected chi connectivity index (χ3v) is 3.90. The minimum atomic E-state index is 0.0236. The molecule has 0 saturated carbocycles. The molecule has 19 heavy (non-hydrogen) atoms. The molecule has 2 aromatic heterocycles. The predicted octanol–water partition coefficient (Wildman–Crippen LogP) is 2.08. The van der Waals surface area contributed by atoms with Crippen LogP contribution in [0.25, 0.3) is 11.0 Å². The van der Waals surface area contributed by atoms with Gasteiger partial charge in [-0.3, -0.25) is 4.98 Å². The fraction of sp³-hybridized carbons (Fsp3) is 0.429. The van der Waals surface area contributed by atoms with Crippen LogP contribution in [0.5, 0.6) is 0 Å². The normalized spacial score (nSPS) is 16.8. The van der Waals surface area contributed by atoms with E-state index in [1.54, 1.807) is 7.05 Å². The first kappa shape index (κ1) is 12.0. The summed E-state index contributed by atoms with van der Waals surface area (Å²) in [5.41, 5.74) is 3.44. The Kier molecular flexibility index (Phi) is 3.11. The van der Waals surface area contributed by atoms with Gasteiger partial charge in [-0.25, -0.2) is 4.79 Å². The number of amides is 2. The number of hydrogen-bond donors (Lipinski definition) is 2. The van der Waals surface area contributed by atoms with Crippen LogP contribution in [0.2, 0.25) is 0 Å². The van der Waals surface area contributed by atoms with Crippen molar-refractivity contribution in [2.75, 3.05) is 20.1 Å². The zero-order valence-corrected chi connectivity index (χ0v) is 11.0. The lowest BCUT2D eigenvalue weighted by molar-refractivity contribution is 0.183. The average molecular weight is 258 g/mol. The summed E-state index contributed by atoms with van der Waals surface area (Å²) in [6, 6.07) is 4.01. The number of aromatic nitrogens is 2. The second-order valence-electron chi connectivity index (χ2n) is 4.96. The van der Waals surface area contributed by atoms with Gasteiger partial charge >= 0.3 is 6.03 Å². The van der Waals surface area contributed by atoms with Gasteiger partial charge in [-0.1, -0.05) is 0 Å². The molecule has 0 spiro atoms. The van der Waals surface area contributed by atoms with Crippen LogP contribution in [0.4, 0.5) is 4.79 Å². The van der Waals surface area contributed by atoms with Crippen LogP contribution in [-0.2, 0) is 0 Å². The van der Waals surface area contributed by atoms with Crippen molar-refractivity contribution in [1.29, 1.82) is 0 Å². The number of nitrogens with zero attached hydrogens (tertiary/aromatic N) is 2. The maximum atomic E-state index is 11.6. The summed E-state index contributed by atoms with van der Waals surface area (Å²) in [4.78, 5) is 21.2. The van der Waals surface area contributed by atoms with Crippen molar-refractivity contribution in [3.05, 3.63) is 30.1 Å². The maximum Gasteiger partial charge on any atom is 0.317 e. The number of carbonyl (C=O) groups excluding carboxylic acids is 1. The number of hydrogen-bond acceptors (Lipinski definition) is 2.